The Kier molecular flexibility index (Phi) is 4.96. The second kappa shape index (κ2) is 6.71. The number of hydrogen-bond donors (Lipinski definition) is 0. The molecule has 0 aliphatic rings. The Morgan fingerprint density at radius 2 is 2.28 bits per heavy atom. The molecule has 0 bridgehead atoms. The van der Waals surface area contributed by atoms with Crippen molar-refractivity contribution >= 4 is 22.9 Å². The lowest BCUT2D eigenvalue weighted by atomic mass is 10.3. The molecule has 2 rings (SSSR count). The van der Waals surface area contributed by atoms with E-state index in [1.165, 1.54) is 12.1 Å². The van der Waals surface area contributed by atoms with Crippen LogP contribution >= 0.6 is 22.9 Å². The molecule has 0 saturated heterocycles. The van der Waals surface area contributed by atoms with Crippen molar-refractivity contribution in [1.29, 1.82) is 0 Å². The summed E-state index contributed by atoms with van der Waals surface area (Å²) >= 11 is 7.29. The Bertz CT molecular complexity index is 503. The van der Waals surface area contributed by atoms with Gasteiger partial charge >= 0.3 is 0 Å². The highest BCUT2D eigenvalue weighted by molar-refractivity contribution is 7.09. The first kappa shape index (κ1) is 13.3. The second-order valence-corrected chi connectivity index (χ2v) is 4.99. The molecule has 5 heteroatoms. The predicted molar refractivity (Wildman–Crippen MR) is 71.9 cm³/mol. The lowest BCUT2D eigenvalue weighted by Crippen LogP contribution is -1.99. The van der Waals surface area contributed by atoms with E-state index in [0.717, 1.165) is 23.5 Å². The van der Waals surface area contributed by atoms with Gasteiger partial charge in [-0.3, -0.25) is 0 Å². The minimum atomic E-state index is -0.279. The van der Waals surface area contributed by atoms with Crippen LogP contribution < -0.4 is 4.74 Å². The van der Waals surface area contributed by atoms with E-state index < -0.39 is 0 Å². The molecule has 0 N–H and O–H groups in total. The summed E-state index contributed by atoms with van der Waals surface area (Å²) < 4.78 is 18.3. The molecule has 18 heavy (non-hydrogen) atoms. The predicted octanol–water partition coefficient (Wildman–Crippen LogP) is 4.03. The molecular weight excluding hydrogens is 273 g/mol. The first-order valence-electron chi connectivity index (χ1n) is 5.65. The van der Waals surface area contributed by atoms with Gasteiger partial charge in [-0.15, -0.1) is 22.9 Å². The Hall–Kier alpha value is -1.13. The van der Waals surface area contributed by atoms with Crippen molar-refractivity contribution in [2.24, 2.45) is 0 Å². The molecule has 0 atom stereocenters. The molecular formula is C13H13ClFNOS. The van der Waals surface area contributed by atoms with Crippen LogP contribution in [-0.2, 0) is 12.3 Å². The van der Waals surface area contributed by atoms with E-state index in [9.17, 15) is 4.39 Å². The first-order chi connectivity index (χ1) is 8.78. The van der Waals surface area contributed by atoms with E-state index in [2.05, 4.69) is 4.98 Å². The molecule has 1 heterocycles. The van der Waals surface area contributed by atoms with Crippen LogP contribution in [0.3, 0.4) is 0 Å². The fourth-order valence-electron chi connectivity index (χ4n) is 1.50. The van der Waals surface area contributed by atoms with Gasteiger partial charge in [-0.05, 0) is 18.6 Å². The van der Waals surface area contributed by atoms with Gasteiger partial charge in [-0.25, -0.2) is 9.37 Å². The Morgan fingerprint density at radius 3 is 3.00 bits per heavy atom. The quantitative estimate of drug-likeness (QED) is 0.590. The normalized spacial score (nSPS) is 10.6. The van der Waals surface area contributed by atoms with E-state index in [0.29, 0.717) is 18.2 Å². The largest absolute Gasteiger partial charge is 0.493 e. The molecule has 0 fully saturated rings. The zero-order valence-corrected chi connectivity index (χ0v) is 11.3. The Labute approximate surface area is 114 Å². The Morgan fingerprint density at radius 1 is 1.39 bits per heavy atom. The number of nitrogens with zero attached hydrogens (tertiary/aromatic N) is 1. The average molecular weight is 286 g/mol. The Balaban J connectivity index is 1.72. The van der Waals surface area contributed by atoms with Crippen LogP contribution in [0.4, 0.5) is 4.39 Å². The summed E-state index contributed by atoms with van der Waals surface area (Å²) in [5.41, 5.74) is 0.919. The molecule has 0 unspecified atom stereocenters. The molecule has 1 aromatic carbocycles. The minimum absolute atomic E-state index is 0.279. The molecule has 0 aliphatic heterocycles. The van der Waals surface area contributed by atoms with Crippen molar-refractivity contribution in [3.8, 4) is 5.75 Å². The molecule has 2 aromatic rings. The topological polar surface area (TPSA) is 22.1 Å². The van der Waals surface area contributed by atoms with Gasteiger partial charge in [0.1, 0.15) is 11.6 Å². The SMILES string of the molecule is Fc1cccc(OCCCc2nc(CCl)cs2)c1. The van der Waals surface area contributed by atoms with Crippen LogP contribution in [0, 0.1) is 5.82 Å². The third-order valence-corrected chi connectivity index (χ3v) is 3.57. The van der Waals surface area contributed by atoms with Gasteiger partial charge in [0.25, 0.3) is 0 Å². The maximum atomic E-state index is 12.9. The van der Waals surface area contributed by atoms with Gasteiger partial charge in [0.05, 0.1) is 23.2 Å². The van der Waals surface area contributed by atoms with Gasteiger partial charge in [0, 0.05) is 17.9 Å². The van der Waals surface area contributed by atoms with E-state index >= 15 is 0 Å². The molecule has 1 aromatic heterocycles. The van der Waals surface area contributed by atoms with E-state index in [1.807, 2.05) is 5.38 Å². The maximum absolute atomic E-state index is 12.9. The van der Waals surface area contributed by atoms with Crippen LogP contribution in [0.25, 0.3) is 0 Å². The van der Waals surface area contributed by atoms with Crippen LogP contribution in [0.15, 0.2) is 29.6 Å². The number of ether oxygens (including phenoxy) is 1. The standard InChI is InChI=1S/C13H13ClFNOS/c14-8-11-9-18-13(16-11)5-2-6-17-12-4-1-3-10(15)7-12/h1,3-4,7,9H,2,5-6,8H2. The zero-order valence-electron chi connectivity index (χ0n) is 9.73. The molecule has 0 spiro atoms. The summed E-state index contributed by atoms with van der Waals surface area (Å²) in [4.78, 5) is 4.36. The number of thiazole rings is 1. The summed E-state index contributed by atoms with van der Waals surface area (Å²) in [7, 11) is 0. The van der Waals surface area contributed by atoms with Gasteiger partial charge in [-0.2, -0.15) is 0 Å². The number of alkyl halides is 1. The number of benzene rings is 1. The molecule has 2 nitrogen and oxygen atoms in total. The molecule has 0 aliphatic carbocycles. The van der Waals surface area contributed by atoms with Crippen LogP contribution in [-0.4, -0.2) is 11.6 Å². The second-order valence-electron chi connectivity index (χ2n) is 3.78. The van der Waals surface area contributed by atoms with Gasteiger partial charge in [0.15, 0.2) is 0 Å². The summed E-state index contributed by atoms with van der Waals surface area (Å²) in [6.45, 7) is 0.555. The third-order valence-electron chi connectivity index (χ3n) is 2.34. The van der Waals surface area contributed by atoms with E-state index in [4.69, 9.17) is 16.3 Å². The van der Waals surface area contributed by atoms with Crippen molar-refractivity contribution in [2.75, 3.05) is 6.61 Å². The highest BCUT2D eigenvalue weighted by Gasteiger charge is 2.01. The molecule has 0 radical (unpaired) electrons. The fraction of sp³-hybridized carbons (Fsp3) is 0.308. The highest BCUT2D eigenvalue weighted by Crippen LogP contribution is 2.15. The van der Waals surface area contributed by atoms with Crippen LogP contribution in [0.1, 0.15) is 17.1 Å². The lowest BCUT2D eigenvalue weighted by molar-refractivity contribution is 0.309. The van der Waals surface area contributed by atoms with Gasteiger partial charge in [-0.1, -0.05) is 6.07 Å². The van der Waals surface area contributed by atoms with Gasteiger partial charge < -0.3 is 4.74 Å². The van der Waals surface area contributed by atoms with Crippen LogP contribution in [0.2, 0.25) is 0 Å². The van der Waals surface area contributed by atoms with Crippen LogP contribution in [0.5, 0.6) is 5.75 Å². The number of halogens is 2. The summed E-state index contributed by atoms with van der Waals surface area (Å²) in [6.07, 6.45) is 1.71. The molecule has 96 valence electrons. The fourth-order valence-corrected chi connectivity index (χ4v) is 2.56. The number of hydrogen-bond acceptors (Lipinski definition) is 3. The van der Waals surface area contributed by atoms with E-state index in [-0.39, 0.29) is 5.82 Å². The van der Waals surface area contributed by atoms with Crippen molar-refractivity contribution in [1.82, 2.24) is 4.98 Å². The number of aryl methyl sites for hydroxylation is 1. The maximum Gasteiger partial charge on any atom is 0.126 e. The number of rotatable bonds is 6. The van der Waals surface area contributed by atoms with Crippen molar-refractivity contribution < 1.29 is 9.13 Å². The van der Waals surface area contributed by atoms with Crippen molar-refractivity contribution in [3.05, 3.63) is 46.2 Å². The summed E-state index contributed by atoms with van der Waals surface area (Å²) in [5, 5.41) is 3.03. The minimum Gasteiger partial charge on any atom is -0.493 e. The number of aromatic nitrogens is 1. The summed E-state index contributed by atoms with van der Waals surface area (Å²) in [5.74, 6) is 0.741. The van der Waals surface area contributed by atoms with Gasteiger partial charge in [0.2, 0.25) is 0 Å². The highest BCUT2D eigenvalue weighted by atomic mass is 35.5. The van der Waals surface area contributed by atoms with Crippen molar-refractivity contribution in [2.45, 2.75) is 18.7 Å². The third kappa shape index (κ3) is 3.96. The lowest BCUT2D eigenvalue weighted by Gasteiger charge is -2.04. The van der Waals surface area contributed by atoms with Crippen molar-refractivity contribution in [3.63, 3.8) is 0 Å². The molecule has 0 amide bonds. The molecule has 0 saturated carbocycles. The summed E-state index contributed by atoms with van der Waals surface area (Å²) in [6, 6.07) is 6.17. The average Bonchev–Trinajstić information content (AvgIpc) is 2.83. The van der Waals surface area contributed by atoms with E-state index in [1.54, 1.807) is 23.5 Å². The smallest absolute Gasteiger partial charge is 0.126 e. The monoisotopic (exact) mass is 285 g/mol. The zero-order chi connectivity index (χ0) is 12.8. The first-order valence-corrected chi connectivity index (χ1v) is 7.07.